The number of aromatic amines is 1. The average Bonchev–Trinajstić information content (AvgIpc) is 3.13. The summed E-state index contributed by atoms with van der Waals surface area (Å²) >= 11 is 0. The quantitative estimate of drug-likeness (QED) is 0.887. The Balaban J connectivity index is 1.46. The minimum absolute atomic E-state index is 0.0259. The third kappa shape index (κ3) is 3.13. The van der Waals surface area contributed by atoms with Crippen molar-refractivity contribution in [1.82, 2.24) is 20.0 Å². The third-order valence-electron chi connectivity index (χ3n) is 6.29. The first-order chi connectivity index (χ1) is 13.4. The van der Waals surface area contributed by atoms with Crippen molar-refractivity contribution in [2.24, 2.45) is 5.41 Å². The lowest BCUT2D eigenvalue weighted by atomic mass is 9.67. The van der Waals surface area contributed by atoms with Crippen LogP contribution in [0.15, 0.2) is 24.4 Å². The van der Waals surface area contributed by atoms with Gasteiger partial charge in [0.2, 0.25) is 5.91 Å². The first kappa shape index (κ1) is 18.5. The molecule has 4 rings (SSSR count). The van der Waals surface area contributed by atoms with E-state index in [-0.39, 0.29) is 23.9 Å². The van der Waals surface area contributed by atoms with Gasteiger partial charge in [-0.05, 0) is 44.9 Å². The highest BCUT2D eigenvalue weighted by atomic mass is 16.2. The molecule has 0 spiro atoms. The fourth-order valence-electron chi connectivity index (χ4n) is 4.32. The van der Waals surface area contributed by atoms with Crippen molar-refractivity contribution in [3.05, 3.63) is 30.0 Å². The molecular formula is C21H25N5O2. The van der Waals surface area contributed by atoms with Crippen LogP contribution in [0.5, 0.6) is 0 Å². The Bertz CT molecular complexity index is 955. The van der Waals surface area contributed by atoms with Crippen LogP contribution in [0, 0.1) is 16.7 Å². The number of hydrogen-bond donors (Lipinski definition) is 1. The molecule has 1 saturated heterocycles. The van der Waals surface area contributed by atoms with Gasteiger partial charge in [-0.2, -0.15) is 10.4 Å². The maximum Gasteiger partial charge on any atom is 0.254 e. The molecule has 1 aliphatic carbocycles. The van der Waals surface area contributed by atoms with Crippen LogP contribution >= 0.6 is 0 Å². The molecule has 2 fully saturated rings. The molecule has 1 aromatic carbocycles. The first-order valence-electron chi connectivity index (χ1n) is 9.87. The van der Waals surface area contributed by atoms with E-state index in [0.717, 1.165) is 30.2 Å². The van der Waals surface area contributed by atoms with Gasteiger partial charge in [-0.25, -0.2) is 0 Å². The van der Waals surface area contributed by atoms with Gasteiger partial charge in [-0.3, -0.25) is 14.7 Å². The van der Waals surface area contributed by atoms with Gasteiger partial charge in [0.15, 0.2) is 0 Å². The summed E-state index contributed by atoms with van der Waals surface area (Å²) in [6, 6.07) is 7.73. The number of amides is 2. The fourth-order valence-corrected chi connectivity index (χ4v) is 4.32. The van der Waals surface area contributed by atoms with Gasteiger partial charge in [0.1, 0.15) is 0 Å². The maximum atomic E-state index is 13.1. The van der Waals surface area contributed by atoms with Gasteiger partial charge in [0.05, 0.1) is 23.2 Å². The number of rotatable bonds is 3. The molecule has 0 radical (unpaired) electrons. The van der Waals surface area contributed by atoms with Crippen molar-refractivity contribution in [2.45, 2.75) is 51.6 Å². The lowest BCUT2D eigenvalue weighted by Crippen LogP contribution is -2.60. The number of piperazine rings is 1. The van der Waals surface area contributed by atoms with E-state index in [1.54, 1.807) is 6.20 Å². The summed E-state index contributed by atoms with van der Waals surface area (Å²) in [4.78, 5) is 29.6. The molecule has 146 valence electrons. The van der Waals surface area contributed by atoms with E-state index in [4.69, 9.17) is 0 Å². The largest absolute Gasteiger partial charge is 0.336 e. The van der Waals surface area contributed by atoms with Crippen molar-refractivity contribution in [2.75, 3.05) is 13.1 Å². The summed E-state index contributed by atoms with van der Waals surface area (Å²) in [5.74, 6) is 0.00885. The Labute approximate surface area is 164 Å². The minimum Gasteiger partial charge on any atom is -0.336 e. The first-order valence-corrected chi connectivity index (χ1v) is 9.87. The number of H-pyrrole nitrogens is 1. The molecule has 7 nitrogen and oxygen atoms in total. The summed E-state index contributed by atoms with van der Waals surface area (Å²) in [5.41, 5.74) is 1.06. The van der Waals surface area contributed by atoms with Gasteiger partial charge in [-0.1, -0.05) is 6.42 Å². The molecule has 1 aliphatic heterocycles. The molecule has 2 amide bonds. The second kappa shape index (κ2) is 6.93. The summed E-state index contributed by atoms with van der Waals surface area (Å²) in [5, 5.41) is 17.2. The molecule has 28 heavy (non-hydrogen) atoms. The van der Waals surface area contributed by atoms with E-state index in [9.17, 15) is 14.9 Å². The second-order valence-electron chi connectivity index (χ2n) is 8.30. The number of hydrogen-bond acceptors (Lipinski definition) is 4. The molecular weight excluding hydrogens is 354 g/mol. The normalized spacial score (nSPS) is 23.9. The number of nitriles is 1. The van der Waals surface area contributed by atoms with Gasteiger partial charge in [0.25, 0.3) is 5.91 Å². The Hall–Kier alpha value is -2.88. The molecule has 1 aromatic heterocycles. The Kier molecular flexibility index (Phi) is 4.58. The molecule has 2 aliphatic rings. The zero-order valence-electron chi connectivity index (χ0n) is 16.3. The summed E-state index contributed by atoms with van der Waals surface area (Å²) in [6.45, 7) is 4.95. The van der Waals surface area contributed by atoms with Crippen molar-refractivity contribution < 1.29 is 9.59 Å². The smallest absolute Gasteiger partial charge is 0.254 e. The molecule has 2 aromatic rings. The molecule has 1 N–H and O–H groups in total. The van der Waals surface area contributed by atoms with Crippen LogP contribution in [0.3, 0.4) is 0 Å². The number of fused-ring (bicyclic) bond motifs is 1. The highest BCUT2D eigenvalue weighted by Gasteiger charge is 2.42. The lowest BCUT2D eigenvalue weighted by Gasteiger charge is -2.45. The molecule has 2 atom stereocenters. The average molecular weight is 379 g/mol. The molecule has 2 unspecified atom stereocenters. The predicted octanol–water partition coefficient (Wildman–Crippen LogP) is 2.71. The Morgan fingerprint density at radius 1 is 1.25 bits per heavy atom. The van der Waals surface area contributed by atoms with Crippen molar-refractivity contribution in [3.8, 4) is 6.07 Å². The summed E-state index contributed by atoms with van der Waals surface area (Å²) < 4.78 is 0. The van der Waals surface area contributed by atoms with Gasteiger partial charge < -0.3 is 9.80 Å². The molecule has 2 heterocycles. The SMILES string of the molecule is CC1CN(C(=O)c2ccc3[nH]ncc3c2)C(C)CN1C(=O)CC1(C#N)CCC1. The number of aromatic nitrogens is 2. The topological polar surface area (TPSA) is 93.1 Å². The Morgan fingerprint density at radius 2 is 1.96 bits per heavy atom. The van der Waals surface area contributed by atoms with Crippen molar-refractivity contribution >= 4 is 22.7 Å². The summed E-state index contributed by atoms with van der Waals surface area (Å²) in [6.07, 6.45) is 4.66. The number of carbonyl (C=O) groups is 2. The fraction of sp³-hybridized carbons (Fsp3) is 0.524. The number of nitrogens with one attached hydrogen (secondary N) is 1. The van der Waals surface area contributed by atoms with Crippen molar-refractivity contribution in [3.63, 3.8) is 0 Å². The highest BCUT2D eigenvalue weighted by molar-refractivity contribution is 5.98. The zero-order valence-corrected chi connectivity index (χ0v) is 16.3. The van der Waals surface area contributed by atoms with Gasteiger partial charge in [-0.15, -0.1) is 0 Å². The van der Waals surface area contributed by atoms with Crippen LogP contribution in [-0.4, -0.2) is 57.0 Å². The van der Waals surface area contributed by atoms with Crippen molar-refractivity contribution in [1.29, 1.82) is 5.26 Å². The van der Waals surface area contributed by atoms with E-state index in [1.807, 2.05) is 41.8 Å². The van der Waals surface area contributed by atoms with Crippen LogP contribution < -0.4 is 0 Å². The lowest BCUT2D eigenvalue weighted by molar-refractivity contribution is -0.139. The molecule has 7 heteroatoms. The minimum atomic E-state index is -0.465. The maximum absolute atomic E-state index is 13.1. The van der Waals surface area contributed by atoms with E-state index in [0.29, 0.717) is 25.1 Å². The van der Waals surface area contributed by atoms with Crippen LogP contribution in [0.25, 0.3) is 10.9 Å². The van der Waals surface area contributed by atoms with E-state index in [2.05, 4.69) is 16.3 Å². The predicted molar refractivity (Wildman–Crippen MR) is 104 cm³/mol. The number of nitrogens with zero attached hydrogens (tertiary/aromatic N) is 4. The standard InChI is InChI=1S/C21H25N5O2/c1-14-12-26(20(28)16-4-5-18-17(8-16)10-23-24-18)15(2)11-25(14)19(27)9-21(13-22)6-3-7-21/h4-5,8,10,14-15H,3,6-7,9,11-12H2,1-2H3,(H,23,24). The zero-order chi connectivity index (χ0) is 19.9. The summed E-state index contributed by atoms with van der Waals surface area (Å²) in [7, 11) is 0. The monoisotopic (exact) mass is 379 g/mol. The van der Waals surface area contributed by atoms with Crippen LogP contribution in [0.1, 0.15) is 49.9 Å². The van der Waals surface area contributed by atoms with E-state index >= 15 is 0 Å². The highest BCUT2D eigenvalue weighted by Crippen LogP contribution is 2.43. The molecule has 1 saturated carbocycles. The van der Waals surface area contributed by atoms with Crippen LogP contribution in [0.2, 0.25) is 0 Å². The van der Waals surface area contributed by atoms with E-state index < -0.39 is 5.41 Å². The second-order valence-corrected chi connectivity index (χ2v) is 8.30. The van der Waals surface area contributed by atoms with Crippen LogP contribution in [-0.2, 0) is 4.79 Å². The molecule has 0 bridgehead atoms. The van der Waals surface area contributed by atoms with Gasteiger partial charge >= 0.3 is 0 Å². The number of carbonyl (C=O) groups excluding carboxylic acids is 2. The third-order valence-corrected chi connectivity index (χ3v) is 6.29. The number of benzene rings is 1. The van der Waals surface area contributed by atoms with E-state index in [1.165, 1.54) is 0 Å². The Morgan fingerprint density at radius 3 is 2.64 bits per heavy atom. The van der Waals surface area contributed by atoms with Crippen LogP contribution in [0.4, 0.5) is 0 Å². The van der Waals surface area contributed by atoms with Gasteiger partial charge in [0, 0.05) is 42.5 Å².